The molecular weight excluding hydrogens is 463 g/mol. The van der Waals surface area contributed by atoms with Crippen molar-refractivity contribution in [1.82, 2.24) is 34.7 Å². The predicted octanol–water partition coefficient (Wildman–Crippen LogP) is 5.25. The Hall–Kier alpha value is -2.79. The number of likely N-dealkylation sites (tertiary alicyclic amines) is 1. The number of hydrogen-bond acceptors (Lipinski definition) is 6. The number of rotatable bonds is 6. The second-order valence-corrected chi connectivity index (χ2v) is 9.90. The third-order valence-electron chi connectivity index (χ3n) is 6.35. The first-order chi connectivity index (χ1) is 16.3. The highest BCUT2D eigenvalue weighted by atomic mass is 32.1. The highest BCUT2D eigenvalue weighted by Crippen LogP contribution is 2.39. The Morgan fingerprint density at radius 3 is 2.74 bits per heavy atom. The fourth-order valence-corrected chi connectivity index (χ4v) is 5.83. The minimum absolute atomic E-state index is 0.102. The van der Waals surface area contributed by atoms with Crippen LogP contribution in [0, 0.1) is 6.92 Å². The molecule has 5 rings (SSSR count). The molecule has 1 aliphatic rings. The van der Waals surface area contributed by atoms with Gasteiger partial charge in [-0.15, -0.1) is 11.3 Å². The van der Waals surface area contributed by atoms with Crippen molar-refractivity contribution in [3.05, 3.63) is 40.8 Å². The summed E-state index contributed by atoms with van der Waals surface area (Å²) in [7, 11) is 0. The van der Waals surface area contributed by atoms with E-state index in [0.29, 0.717) is 27.8 Å². The Morgan fingerprint density at radius 1 is 1.21 bits per heavy atom. The van der Waals surface area contributed by atoms with Crippen LogP contribution in [0.2, 0.25) is 0 Å². The van der Waals surface area contributed by atoms with Gasteiger partial charge in [0.2, 0.25) is 0 Å². The molecule has 7 nitrogen and oxygen atoms in total. The third-order valence-corrected chi connectivity index (χ3v) is 7.51. The van der Waals surface area contributed by atoms with Crippen LogP contribution in [-0.2, 0) is 6.42 Å². The summed E-state index contributed by atoms with van der Waals surface area (Å²) < 4.78 is 42.4. The predicted molar refractivity (Wildman–Crippen MR) is 125 cm³/mol. The highest BCUT2D eigenvalue weighted by Gasteiger charge is 2.33. The van der Waals surface area contributed by atoms with Gasteiger partial charge in [-0.25, -0.2) is 14.5 Å². The Bertz CT molecular complexity index is 1280. The molecule has 34 heavy (non-hydrogen) atoms. The SMILES string of the molecule is CCCN1CCC(c2cnc(-c3n[nH]c(-c4cc(C)c5ncnn5c4)c3CC(F)(F)F)s2)CC1. The number of nitrogens with zero attached hydrogens (tertiary/aromatic N) is 6. The number of aryl methyl sites for hydroxylation is 1. The Balaban J connectivity index is 1.48. The highest BCUT2D eigenvalue weighted by molar-refractivity contribution is 7.15. The number of thiazole rings is 1. The van der Waals surface area contributed by atoms with Gasteiger partial charge in [0.15, 0.2) is 5.65 Å². The number of halogens is 3. The van der Waals surface area contributed by atoms with E-state index < -0.39 is 12.6 Å². The molecule has 0 saturated carbocycles. The van der Waals surface area contributed by atoms with Gasteiger partial charge in [-0.05, 0) is 63.4 Å². The molecule has 180 valence electrons. The van der Waals surface area contributed by atoms with Gasteiger partial charge < -0.3 is 4.90 Å². The number of hydrogen-bond donors (Lipinski definition) is 1. The number of aromatic amines is 1. The average Bonchev–Trinajstić information content (AvgIpc) is 3.53. The zero-order valence-electron chi connectivity index (χ0n) is 19.1. The molecule has 4 aromatic rings. The molecule has 5 heterocycles. The first-order valence-corrected chi connectivity index (χ1v) is 12.3. The first-order valence-electron chi connectivity index (χ1n) is 11.4. The normalized spacial score (nSPS) is 16.0. The maximum absolute atomic E-state index is 13.6. The van der Waals surface area contributed by atoms with Crippen molar-refractivity contribution in [3.63, 3.8) is 0 Å². The monoisotopic (exact) mass is 489 g/mol. The minimum atomic E-state index is -4.38. The quantitative estimate of drug-likeness (QED) is 0.401. The fourth-order valence-electron chi connectivity index (χ4n) is 4.73. The fraction of sp³-hybridized carbons (Fsp3) is 0.478. The van der Waals surface area contributed by atoms with Crippen LogP contribution in [0.15, 0.2) is 24.8 Å². The van der Waals surface area contributed by atoms with Crippen molar-refractivity contribution in [2.45, 2.75) is 51.6 Å². The molecule has 0 atom stereocenters. The van der Waals surface area contributed by atoms with Gasteiger partial charge in [-0.2, -0.15) is 23.4 Å². The van der Waals surface area contributed by atoms with Gasteiger partial charge in [-0.1, -0.05) is 6.92 Å². The molecule has 0 spiro atoms. The lowest BCUT2D eigenvalue weighted by molar-refractivity contribution is -0.127. The number of H-pyrrole nitrogens is 1. The molecule has 0 radical (unpaired) electrons. The summed E-state index contributed by atoms with van der Waals surface area (Å²) >= 11 is 1.46. The maximum Gasteiger partial charge on any atom is 0.393 e. The van der Waals surface area contributed by atoms with Crippen molar-refractivity contribution >= 4 is 17.0 Å². The van der Waals surface area contributed by atoms with E-state index in [0.717, 1.165) is 49.3 Å². The number of nitrogens with one attached hydrogen (secondary N) is 1. The molecule has 1 saturated heterocycles. The van der Waals surface area contributed by atoms with Crippen LogP contribution in [0.25, 0.3) is 27.6 Å². The lowest BCUT2D eigenvalue weighted by Gasteiger charge is -2.30. The van der Waals surface area contributed by atoms with Crippen molar-refractivity contribution < 1.29 is 13.2 Å². The van der Waals surface area contributed by atoms with E-state index in [1.165, 1.54) is 17.7 Å². The molecule has 0 bridgehead atoms. The van der Waals surface area contributed by atoms with Crippen LogP contribution in [0.5, 0.6) is 0 Å². The van der Waals surface area contributed by atoms with Crippen molar-refractivity contribution in [1.29, 1.82) is 0 Å². The van der Waals surface area contributed by atoms with Crippen molar-refractivity contribution in [3.8, 4) is 22.0 Å². The molecule has 0 aromatic carbocycles. The summed E-state index contributed by atoms with van der Waals surface area (Å²) in [5.74, 6) is 0.390. The molecule has 11 heteroatoms. The van der Waals surface area contributed by atoms with Gasteiger partial charge >= 0.3 is 6.18 Å². The van der Waals surface area contributed by atoms with Crippen LogP contribution in [0.1, 0.15) is 48.1 Å². The zero-order valence-corrected chi connectivity index (χ0v) is 19.9. The van der Waals surface area contributed by atoms with Gasteiger partial charge in [0.25, 0.3) is 0 Å². The Labute approximate surface area is 199 Å². The average molecular weight is 490 g/mol. The largest absolute Gasteiger partial charge is 0.393 e. The topological polar surface area (TPSA) is 75.0 Å². The minimum Gasteiger partial charge on any atom is -0.303 e. The molecule has 0 amide bonds. The molecular formula is C23H26F3N7S. The Morgan fingerprint density at radius 2 is 2.00 bits per heavy atom. The maximum atomic E-state index is 13.6. The molecule has 0 unspecified atom stereocenters. The van der Waals surface area contributed by atoms with E-state index >= 15 is 0 Å². The van der Waals surface area contributed by atoms with E-state index in [9.17, 15) is 13.2 Å². The van der Waals surface area contributed by atoms with E-state index in [1.54, 1.807) is 16.8 Å². The molecule has 1 fully saturated rings. The van der Waals surface area contributed by atoms with Crippen LogP contribution in [-0.4, -0.2) is 60.5 Å². The number of pyridine rings is 1. The standard InChI is InChI=1S/C23H26F3N7S/c1-3-6-32-7-4-15(5-8-32)18-11-27-22(34-18)20-17(10-23(24,25)26)19(30-31-20)16-9-14(2)21-28-13-29-33(21)12-16/h9,11-13,15H,3-8,10H2,1-2H3,(H,30,31). The number of alkyl halides is 3. The molecule has 4 aromatic heterocycles. The Kier molecular flexibility index (Phi) is 6.15. The summed E-state index contributed by atoms with van der Waals surface area (Å²) in [5.41, 5.74) is 2.75. The van der Waals surface area contributed by atoms with E-state index in [2.05, 4.69) is 37.1 Å². The number of piperidine rings is 1. The lowest BCUT2D eigenvalue weighted by atomic mass is 9.96. The lowest BCUT2D eigenvalue weighted by Crippen LogP contribution is -2.33. The van der Waals surface area contributed by atoms with Crippen molar-refractivity contribution in [2.75, 3.05) is 19.6 Å². The van der Waals surface area contributed by atoms with E-state index in [-0.39, 0.29) is 11.3 Å². The zero-order chi connectivity index (χ0) is 23.9. The molecule has 0 aliphatic carbocycles. The van der Waals surface area contributed by atoms with Crippen LogP contribution in [0.3, 0.4) is 0 Å². The summed E-state index contributed by atoms with van der Waals surface area (Å²) in [6.07, 6.45) is 2.66. The van der Waals surface area contributed by atoms with Crippen molar-refractivity contribution in [2.24, 2.45) is 0 Å². The summed E-state index contributed by atoms with van der Waals surface area (Å²) in [4.78, 5) is 12.3. The van der Waals surface area contributed by atoms with Crippen LogP contribution >= 0.6 is 11.3 Å². The summed E-state index contributed by atoms with van der Waals surface area (Å²) in [5, 5.41) is 11.8. The number of fused-ring (bicyclic) bond motifs is 1. The van der Waals surface area contributed by atoms with Gasteiger partial charge in [0.05, 0.1) is 12.1 Å². The summed E-state index contributed by atoms with van der Waals surface area (Å²) in [6, 6.07) is 1.80. The molecule has 1 N–H and O–H groups in total. The summed E-state index contributed by atoms with van der Waals surface area (Å²) in [6.45, 7) is 7.23. The second-order valence-electron chi connectivity index (χ2n) is 8.84. The van der Waals surface area contributed by atoms with Crippen LogP contribution in [0.4, 0.5) is 13.2 Å². The molecule has 1 aliphatic heterocycles. The van der Waals surface area contributed by atoms with Gasteiger partial charge in [0.1, 0.15) is 17.0 Å². The van der Waals surface area contributed by atoms with Gasteiger partial charge in [-0.3, -0.25) is 5.10 Å². The van der Waals surface area contributed by atoms with Gasteiger partial charge in [0, 0.05) is 28.4 Å². The second kappa shape index (κ2) is 9.10. The van der Waals surface area contributed by atoms with E-state index in [4.69, 9.17) is 0 Å². The first kappa shape index (κ1) is 23.0. The smallest absolute Gasteiger partial charge is 0.303 e. The van der Waals surface area contributed by atoms with Crippen LogP contribution < -0.4 is 0 Å². The van der Waals surface area contributed by atoms with E-state index in [1.807, 2.05) is 13.1 Å². The number of aromatic nitrogens is 6. The third kappa shape index (κ3) is 4.58.